The van der Waals surface area contributed by atoms with Crippen molar-refractivity contribution in [2.24, 2.45) is 5.73 Å². The molecule has 3 N–H and O–H groups in total. The number of nitrogens with one attached hydrogen (secondary N) is 1. The van der Waals surface area contributed by atoms with Gasteiger partial charge in [-0.15, -0.1) is 22.6 Å². The lowest BCUT2D eigenvalue weighted by Crippen LogP contribution is -2.48. The van der Waals surface area contributed by atoms with E-state index in [4.69, 9.17) is 5.73 Å². The molecule has 8 heteroatoms. The van der Waals surface area contributed by atoms with Crippen LogP contribution in [0.2, 0.25) is 0 Å². The fourth-order valence-corrected chi connectivity index (χ4v) is 3.51. The number of anilines is 1. The van der Waals surface area contributed by atoms with Gasteiger partial charge in [0, 0.05) is 11.3 Å². The average Bonchev–Trinajstić information content (AvgIpc) is 3.38. The highest BCUT2D eigenvalue weighted by Crippen LogP contribution is 2.28. The molecule has 1 saturated carbocycles. The van der Waals surface area contributed by atoms with Gasteiger partial charge in [-0.25, -0.2) is 0 Å². The predicted molar refractivity (Wildman–Crippen MR) is 115 cm³/mol. The molecule has 2 aromatic carbocycles. The molecule has 1 fully saturated rings. The van der Waals surface area contributed by atoms with Crippen LogP contribution in [0.5, 0.6) is 0 Å². The van der Waals surface area contributed by atoms with E-state index in [1.165, 1.54) is 0 Å². The number of benzene rings is 2. The third kappa shape index (κ3) is 4.99. The lowest BCUT2D eigenvalue weighted by Gasteiger charge is -2.22. The van der Waals surface area contributed by atoms with Gasteiger partial charge < -0.3 is 11.1 Å². The second kappa shape index (κ2) is 9.15. The number of aryl methyl sites for hydroxylation is 2. The second-order valence-corrected chi connectivity index (χ2v) is 7.34. The Hall–Kier alpha value is -2.77. The van der Waals surface area contributed by atoms with E-state index in [9.17, 15) is 4.79 Å². The summed E-state index contributed by atoms with van der Waals surface area (Å²) in [6.45, 7) is 0.636. The van der Waals surface area contributed by atoms with Gasteiger partial charge in [0.25, 0.3) is 0 Å². The fraction of sp³-hybridized carbons (Fsp3) is 0.333. The highest BCUT2D eigenvalue weighted by atomic mass is 35.5. The molecule has 0 unspecified atom stereocenters. The molecule has 29 heavy (non-hydrogen) atoms. The Labute approximate surface area is 176 Å². The molecule has 7 nitrogen and oxygen atoms in total. The number of carbonyl (C=O) groups is 1. The standard InChI is InChI=1S/C21H24N6O.ClH/c22-21(13-4-5-14-21)20(28)23-18-10-8-16(9-11-18)12-15-27-25-19(24-26-27)17-6-2-1-3-7-17;/h1-3,6-11H,4-5,12-15,22H2,(H,23,28);1H. The Morgan fingerprint density at radius 1 is 1.07 bits per heavy atom. The van der Waals surface area contributed by atoms with Crippen molar-refractivity contribution in [1.82, 2.24) is 20.2 Å². The zero-order valence-electron chi connectivity index (χ0n) is 16.1. The van der Waals surface area contributed by atoms with Crippen molar-refractivity contribution in [3.63, 3.8) is 0 Å². The van der Waals surface area contributed by atoms with Crippen LogP contribution >= 0.6 is 12.4 Å². The van der Waals surface area contributed by atoms with Crippen LogP contribution in [0.25, 0.3) is 11.4 Å². The first-order valence-electron chi connectivity index (χ1n) is 9.65. The van der Waals surface area contributed by atoms with Crippen LogP contribution in [0.4, 0.5) is 5.69 Å². The molecule has 0 saturated heterocycles. The van der Waals surface area contributed by atoms with Gasteiger partial charge in [-0.2, -0.15) is 4.80 Å². The molecular formula is C21H25ClN6O. The van der Waals surface area contributed by atoms with Gasteiger partial charge in [0.15, 0.2) is 0 Å². The molecule has 0 spiro atoms. The molecule has 1 heterocycles. The van der Waals surface area contributed by atoms with E-state index in [0.29, 0.717) is 12.4 Å². The monoisotopic (exact) mass is 412 g/mol. The van der Waals surface area contributed by atoms with Crippen LogP contribution < -0.4 is 11.1 Å². The van der Waals surface area contributed by atoms with E-state index in [-0.39, 0.29) is 18.3 Å². The summed E-state index contributed by atoms with van der Waals surface area (Å²) in [5, 5.41) is 15.6. The zero-order valence-corrected chi connectivity index (χ0v) is 16.9. The van der Waals surface area contributed by atoms with Gasteiger partial charge in [-0.05, 0) is 42.2 Å². The minimum atomic E-state index is -0.714. The van der Waals surface area contributed by atoms with Crippen molar-refractivity contribution in [2.45, 2.75) is 44.2 Å². The summed E-state index contributed by atoms with van der Waals surface area (Å²) in [5.41, 5.74) is 8.35. The van der Waals surface area contributed by atoms with Crippen LogP contribution in [0, 0.1) is 0 Å². The minimum absolute atomic E-state index is 0. The van der Waals surface area contributed by atoms with Gasteiger partial charge in [-0.1, -0.05) is 55.3 Å². The lowest BCUT2D eigenvalue weighted by atomic mass is 9.98. The largest absolute Gasteiger partial charge is 0.324 e. The van der Waals surface area contributed by atoms with E-state index in [2.05, 4.69) is 20.7 Å². The molecule has 4 rings (SSSR count). The van der Waals surface area contributed by atoms with Crippen molar-refractivity contribution in [1.29, 1.82) is 0 Å². The number of hydrogen-bond donors (Lipinski definition) is 2. The maximum atomic E-state index is 12.4. The molecule has 1 aliphatic carbocycles. The van der Waals surface area contributed by atoms with E-state index in [1.54, 1.807) is 4.80 Å². The lowest BCUT2D eigenvalue weighted by molar-refractivity contribution is -0.121. The topological polar surface area (TPSA) is 98.7 Å². The van der Waals surface area contributed by atoms with Gasteiger partial charge in [0.1, 0.15) is 0 Å². The maximum absolute atomic E-state index is 12.4. The summed E-state index contributed by atoms with van der Waals surface area (Å²) in [6.07, 6.45) is 4.33. The van der Waals surface area contributed by atoms with Crippen LogP contribution in [-0.2, 0) is 17.8 Å². The van der Waals surface area contributed by atoms with Gasteiger partial charge in [0.2, 0.25) is 11.7 Å². The second-order valence-electron chi connectivity index (χ2n) is 7.34. The minimum Gasteiger partial charge on any atom is -0.324 e. The number of tetrazole rings is 1. The molecule has 3 aromatic rings. The predicted octanol–water partition coefficient (Wildman–Crippen LogP) is 3.21. The first-order valence-corrected chi connectivity index (χ1v) is 9.65. The zero-order chi connectivity index (χ0) is 19.4. The first-order chi connectivity index (χ1) is 13.6. The molecule has 0 radical (unpaired) electrons. The van der Waals surface area contributed by atoms with Crippen LogP contribution in [0.15, 0.2) is 54.6 Å². The number of rotatable bonds is 6. The number of nitrogens with zero attached hydrogens (tertiary/aromatic N) is 4. The molecule has 0 aliphatic heterocycles. The van der Waals surface area contributed by atoms with Crippen molar-refractivity contribution >= 4 is 24.0 Å². The SMILES string of the molecule is Cl.NC1(C(=O)Nc2ccc(CCn3nnc(-c4ccccc4)n3)cc2)CCCC1. The quantitative estimate of drug-likeness (QED) is 0.647. The summed E-state index contributed by atoms with van der Waals surface area (Å²) in [5.74, 6) is 0.541. The Bertz CT molecular complexity index is 935. The normalized spacial score (nSPS) is 14.9. The Balaban J connectivity index is 0.00000240. The number of hydrogen-bond acceptors (Lipinski definition) is 5. The van der Waals surface area contributed by atoms with E-state index in [1.807, 2.05) is 54.6 Å². The van der Waals surface area contributed by atoms with E-state index in [0.717, 1.165) is 48.9 Å². The Morgan fingerprint density at radius 2 is 1.76 bits per heavy atom. The fourth-order valence-electron chi connectivity index (χ4n) is 3.51. The molecule has 1 aliphatic rings. The molecule has 0 bridgehead atoms. The van der Waals surface area contributed by atoms with Gasteiger partial charge >= 0.3 is 0 Å². The smallest absolute Gasteiger partial charge is 0.244 e. The van der Waals surface area contributed by atoms with Crippen molar-refractivity contribution in [3.8, 4) is 11.4 Å². The van der Waals surface area contributed by atoms with Crippen molar-refractivity contribution < 1.29 is 4.79 Å². The van der Waals surface area contributed by atoms with E-state index < -0.39 is 5.54 Å². The molecule has 1 amide bonds. The summed E-state index contributed by atoms with van der Waals surface area (Å²) in [6, 6.07) is 17.6. The maximum Gasteiger partial charge on any atom is 0.244 e. The van der Waals surface area contributed by atoms with Crippen molar-refractivity contribution in [2.75, 3.05) is 5.32 Å². The van der Waals surface area contributed by atoms with E-state index >= 15 is 0 Å². The highest BCUT2D eigenvalue weighted by molar-refractivity contribution is 5.98. The summed E-state index contributed by atoms with van der Waals surface area (Å²) in [4.78, 5) is 14.0. The third-order valence-electron chi connectivity index (χ3n) is 5.25. The van der Waals surface area contributed by atoms with Crippen LogP contribution in [-0.4, -0.2) is 31.7 Å². The molecular weight excluding hydrogens is 388 g/mol. The molecule has 152 valence electrons. The average molecular weight is 413 g/mol. The Morgan fingerprint density at radius 3 is 2.45 bits per heavy atom. The summed E-state index contributed by atoms with van der Waals surface area (Å²) in [7, 11) is 0. The number of amides is 1. The number of halogens is 1. The summed E-state index contributed by atoms with van der Waals surface area (Å²) < 4.78 is 0. The van der Waals surface area contributed by atoms with Gasteiger partial charge in [-0.3, -0.25) is 4.79 Å². The van der Waals surface area contributed by atoms with Gasteiger partial charge in [0.05, 0.1) is 12.1 Å². The van der Waals surface area contributed by atoms with Crippen LogP contribution in [0.1, 0.15) is 31.2 Å². The van der Waals surface area contributed by atoms with Crippen LogP contribution in [0.3, 0.4) is 0 Å². The molecule has 1 aromatic heterocycles. The highest BCUT2D eigenvalue weighted by Gasteiger charge is 2.36. The third-order valence-corrected chi connectivity index (χ3v) is 5.25. The first kappa shape index (κ1) is 21.0. The number of nitrogens with two attached hydrogens (primary N) is 1. The molecule has 0 atom stereocenters. The summed E-state index contributed by atoms with van der Waals surface area (Å²) >= 11 is 0. The Kier molecular flexibility index (Phi) is 6.61. The van der Waals surface area contributed by atoms with Crippen molar-refractivity contribution in [3.05, 3.63) is 60.2 Å². The number of carbonyl (C=O) groups excluding carboxylic acids is 1. The number of aromatic nitrogens is 4.